The van der Waals surface area contributed by atoms with Gasteiger partial charge in [0, 0.05) is 11.7 Å². The van der Waals surface area contributed by atoms with Crippen molar-refractivity contribution in [2.24, 2.45) is 0 Å². The first-order valence-corrected chi connectivity index (χ1v) is 4.72. The van der Waals surface area contributed by atoms with Gasteiger partial charge in [0.25, 0.3) is 0 Å². The minimum atomic E-state index is 0.417. The van der Waals surface area contributed by atoms with Crippen LogP contribution in [-0.4, -0.2) is 6.04 Å². The molecule has 3 N–H and O–H groups in total. The molecular formula is C9H14N2S. The minimum Gasteiger partial charge on any atom is -0.391 e. The first-order valence-electron chi connectivity index (χ1n) is 3.90. The molecule has 1 aromatic rings. The number of anilines is 1. The lowest BCUT2D eigenvalue weighted by Gasteiger charge is -2.10. The van der Waals surface area contributed by atoms with Crippen LogP contribution in [0.3, 0.4) is 0 Å². The van der Waals surface area contributed by atoms with E-state index in [1.807, 2.05) is 12.1 Å². The summed E-state index contributed by atoms with van der Waals surface area (Å²) in [5.41, 5.74) is 6.55. The summed E-state index contributed by atoms with van der Waals surface area (Å²) in [7, 11) is 0. The van der Waals surface area contributed by atoms with Gasteiger partial charge in [-0.2, -0.15) is 0 Å². The Bertz CT molecular complexity index is 276. The van der Waals surface area contributed by atoms with Crippen molar-refractivity contribution >= 4 is 22.0 Å². The molecule has 66 valence electrons. The maximum absolute atomic E-state index is 5.60. The highest BCUT2D eigenvalue weighted by Crippen LogP contribution is 2.23. The third-order valence-corrected chi connectivity index (χ3v) is 2.36. The van der Waals surface area contributed by atoms with Gasteiger partial charge in [-0.05, 0) is 26.0 Å². The number of hydrogen-bond acceptors (Lipinski definition) is 3. The fraction of sp³-hybridized carbons (Fsp3) is 0.333. The van der Waals surface area contributed by atoms with Gasteiger partial charge < -0.3 is 11.1 Å². The Morgan fingerprint density at radius 2 is 2.25 bits per heavy atom. The van der Waals surface area contributed by atoms with Crippen molar-refractivity contribution in [2.45, 2.75) is 19.9 Å². The Balaban J connectivity index is 2.65. The van der Waals surface area contributed by atoms with Crippen molar-refractivity contribution in [3.63, 3.8) is 0 Å². The van der Waals surface area contributed by atoms with Crippen LogP contribution in [0.1, 0.15) is 18.7 Å². The van der Waals surface area contributed by atoms with E-state index < -0.39 is 0 Å². The molecule has 2 nitrogen and oxygen atoms in total. The molecule has 0 aliphatic heterocycles. The lowest BCUT2D eigenvalue weighted by Crippen LogP contribution is -2.19. The van der Waals surface area contributed by atoms with Gasteiger partial charge in [0.2, 0.25) is 0 Å². The quantitative estimate of drug-likeness (QED) is 0.752. The van der Waals surface area contributed by atoms with Gasteiger partial charge >= 0.3 is 0 Å². The number of nitrogens with one attached hydrogen (secondary N) is 1. The highest BCUT2D eigenvalue weighted by Gasteiger charge is 2.02. The summed E-state index contributed by atoms with van der Waals surface area (Å²) in [4.78, 5) is 1.11. The highest BCUT2D eigenvalue weighted by molar-refractivity contribution is 7.16. The molecule has 0 fully saturated rings. The molecule has 0 amide bonds. The van der Waals surface area contributed by atoms with Crippen molar-refractivity contribution in [1.82, 2.24) is 5.32 Å². The van der Waals surface area contributed by atoms with E-state index in [9.17, 15) is 0 Å². The molecule has 0 saturated heterocycles. The van der Waals surface area contributed by atoms with E-state index in [1.165, 1.54) is 0 Å². The second-order valence-corrected chi connectivity index (χ2v) is 4.09. The molecule has 0 spiro atoms. The zero-order valence-corrected chi connectivity index (χ0v) is 8.24. The lowest BCUT2D eigenvalue weighted by molar-refractivity contribution is 0.719. The maximum Gasteiger partial charge on any atom is 0.0863 e. The summed E-state index contributed by atoms with van der Waals surface area (Å²) >= 11 is 1.55. The molecular weight excluding hydrogens is 168 g/mol. The van der Waals surface area contributed by atoms with Crippen LogP contribution >= 0.6 is 11.3 Å². The molecule has 1 heterocycles. The molecule has 3 heteroatoms. The fourth-order valence-electron chi connectivity index (χ4n) is 0.935. The van der Waals surface area contributed by atoms with Gasteiger partial charge in [-0.25, -0.2) is 0 Å². The normalized spacial score (nSPS) is 10.2. The van der Waals surface area contributed by atoms with E-state index in [2.05, 4.69) is 25.7 Å². The van der Waals surface area contributed by atoms with Crippen molar-refractivity contribution < 1.29 is 0 Å². The molecule has 1 aromatic heterocycles. The molecule has 0 aliphatic carbocycles. The Hall–Kier alpha value is -0.960. The second-order valence-electron chi connectivity index (χ2n) is 2.98. The van der Waals surface area contributed by atoms with Crippen molar-refractivity contribution in [3.8, 4) is 0 Å². The largest absolute Gasteiger partial charge is 0.391 e. The van der Waals surface area contributed by atoms with Gasteiger partial charge in [-0.3, -0.25) is 0 Å². The van der Waals surface area contributed by atoms with Crippen molar-refractivity contribution in [2.75, 3.05) is 5.73 Å². The van der Waals surface area contributed by atoms with Crippen LogP contribution in [0.25, 0.3) is 5.70 Å². The fourth-order valence-corrected chi connectivity index (χ4v) is 1.64. The summed E-state index contributed by atoms with van der Waals surface area (Å²) in [5, 5.41) is 4.06. The molecule has 12 heavy (non-hydrogen) atoms. The first kappa shape index (κ1) is 9.13. The minimum absolute atomic E-state index is 0.417. The Morgan fingerprint density at radius 3 is 2.67 bits per heavy atom. The number of hydrogen-bond donors (Lipinski definition) is 2. The Labute approximate surface area is 77.1 Å². The molecule has 0 bridgehead atoms. The van der Waals surface area contributed by atoms with E-state index >= 15 is 0 Å². The molecule has 0 radical (unpaired) electrons. The van der Waals surface area contributed by atoms with E-state index in [0.717, 1.165) is 15.6 Å². The molecule has 0 saturated carbocycles. The zero-order valence-electron chi connectivity index (χ0n) is 7.42. The molecule has 0 aromatic carbocycles. The summed E-state index contributed by atoms with van der Waals surface area (Å²) in [6, 6.07) is 4.30. The van der Waals surface area contributed by atoms with Crippen molar-refractivity contribution in [3.05, 3.63) is 23.6 Å². The van der Waals surface area contributed by atoms with Crippen LogP contribution in [0, 0.1) is 0 Å². The average Bonchev–Trinajstić information content (AvgIpc) is 2.34. The maximum atomic E-state index is 5.60. The first-order chi connectivity index (χ1) is 5.59. The van der Waals surface area contributed by atoms with Gasteiger partial charge in [0.1, 0.15) is 0 Å². The van der Waals surface area contributed by atoms with E-state index in [0.29, 0.717) is 6.04 Å². The van der Waals surface area contributed by atoms with Gasteiger partial charge in [0.05, 0.1) is 9.88 Å². The third-order valence-electron chi connectivity index (χ3n) is 1.39. The number of rotatable bonds is 3. The zero-order chi connectivity index (χ0) is 9.14. The van der Waals surface area contributed by atoms with Crippen LogP contribution in [0.2, 0.25) is 0 Å². The van der Waals surface area contributed by atoms with Crippen LogP contribution in [0.15, 0.2) is 18.7 Å². The Morgan fingerprint density at radius 1 is 1.58 bits per heavy atom. The molecule has 1 rings (SSSR count). The van der Waals surface area contributed by atoms with Crippen molar-refractivity contribution in [1.29, 1.82) is 0 Å². The van der Waals surface area contributed by atoms with Crippen LogP contribution in [0.5, 0.6) is 0 Å². The van der Waals surface area contributed by atoms with Gasteiger partial charge in [-0.15, -0.1) is 11.3 Å². The van der Waals surface area contributed by atoms with E-state index in [4.69, 9.17) is 5.73 Å². The van der Waals surface area contributed by atoms with E-state index in [-0.39, 0.29) is 0 Å². The summed E-state index contributed by atoms with van der Waals surface area (Å²) in [6.07, 6.45) is 0. The lowest BCUT2D eigenvalue weighted by atomic mass is 10.3. The van der Waals surface area contributed by atoms with Crippen LogP contribution in [0.4, 0.5) is 5.00 Å². The van der Waals surface area contributed by atoms with Crippen LogP contribution in [-0.2, 0) is 0 Å². The monoisotopic (exact) mass is 182 g/mol. The number of nitrogen functional groups attached to an aromatic ring is 1. The predicted octanol–water partition coefficient (Wildman–Crippen LogP) is 2.30. The second kappa shape index (κ2) is 3.63. The van der Waals surface area contributed by atoms with Gasteiger partial charge in [0.15, 0.2) is 0 Å². The number of thiophene rings is 1. The Kier molecular flexibility index (Phi) is 2.76. The topological polar surface area (TPSA) is 38.0 Å². The van der Waals surface area contributed by atoms with Gasteiger partial charge in [-0.1, -0.05) is 6.58 Å². The summed E-state index contributed by atoms with van der Waals surface area (Å²) in [5.74, 6) is 0. The predicted molar refractivity (Wildman–Crippen MR) is 56.0 cm³/mol. The highest BCUT2D eigenvalue weighted by atomic mass is 32.1. The standard InChI is InChI=1S/C9H14N2S/c1-6(2)11-7(3)8-4-5-9(10)12-8/h4-6,11H,3,10H2,1-2H3. The summed E-state index contributed by atoms with van der Waals surface area (Å²) in [6.45, 7) is 8.09. The average molecular weight is 182 g/mol. The summed E-state index contributed by atoms with van der Waals surface area (Å²) < 4.78 is 0. The SMILES string of the molecule is C=C(NC(C)C)c1ccc(N)s1. The molecule has 0 atom stereocenters. The molecule has 0 unspecified atom stereocenters. The third kappa shape index (κ3) is 2.27. The van der Waals surface area contributed by atoms with E-state index in [1.54, 1.807) is 11.3 Å². The number of nitrogens with two attached hydrogens (primary N) is 1. The molecule has 0 aliphatic rings. The van der Waals surface area contributed by atoms with Crippen LogP contribution < -0.4 is 11.1 Å². The smallest absolute Gasteiger partial charge is 0.0863 e.